The molecule has 0 aliphatic heterocycles. The zero-order valence-corrected chi connectivity index (χ0v) is 11.3. The number of thiol groups is 1. The molecule has 1 atom stereocenters. The Balaban J connectivity index is 2.62. The molecule has 0 radical (unpaired) electrons. The highest BCUT2D eigenvalue weighted by Gasteiger charge is 2.05. The molecular formula is C11H15BrO2S. The molecule has 0 saturated carbocycles. The Bertz CT molecular complexity index is 317. The first kappa shape index (κ1) is 12.7. The molecule has 0 N–H and O–H groups in total. The number of ether oxygens (including phenoxy) is 2. The fourth-order valence-electron chi connectivity index (χ4n) is 1.01. The Kier molecular flexibility index (Phi) is 5.32. The van der Waals surface area contributed by atoms with E-state index in [-0.39, 0.29) is 0 Å². The standard InChI is InChI=1S/C11H15BrO2S/c1-8(7-15)6-14-11-4-3-9(13-2)5-10(11)12/h3-5,8,15H,6-7H2,1-2H3. The lowest BCUT2D eigenvalue weighted by Gasteiger charge is -2.12. The van der Waals surface area contributed by atoms with Gasteiger partial charge in [-0.2, -0.15) is 12.6 Å². The minimum absolute atomic E-state index is 0.447. The van der Waals surface area contributed by atoms with Gasteiger partial charge in [-0.3, -0.25) is 0 Å². The normalized spacial score (nSPS) is 12.3. The molecule has 0 spiro atoms. The molecule has 1 aromatic rings. The van der Waals surface area contributed by atoms with E-state index < -0.39 is 0 Å². The Labute approximate surface area is 105 Å². The summed E-state index contributed by atoms with van der Waals surface area (Å²) in [6.45, 7) is 2.78. The van der Waals surface area contributed by atoms with E-state index in [0.29, 0.717) is 12.5 Å². The van der Waals surface area contributed by atoms with Crippen molar-refractivity contribution >= 4 is 28.6 Å². The summed E-state index contributed by atoms with van der Waals surface area (Å²) in [6, 6.07) is 5.67. The second-order valence-corrected chi connectivity index (χ2v) is 4.61. The van der Waals surface area contributed by atoms with Crippen LogP contribution in [0.15, 0.2) is 22.7 Å². The minimum Gasteiger partial charge on any atom is -0.497 e. The number of benzene rings is 1. The molecule has 1 unspecified atom stereocenters. The molecule has 1 rings (SSSR count). The van der Waals surface area contributed by atoms with E-state index >= 15 is 0 Å². The van der Waals surface area contributed by atoms with Crippen molar-refractivity contribution in [1.82, 2.24) is 0 Å². The molecule has 0 aliphatic carbocycles. The van der Waals surface area contributed by atoms with Gasteiger partial charge in [0, 0.05) is 0 Å². The smallest absolute Gasteiger partial charge is 0.133 e. The van der Waals surface area contributed by atoms with Crippen LogP contribution in [-0.2, 0) is 0 Å². The predicted octanol–water partition coefficient (Wildman–Crippen LogP) is 3.40. The molecule has 0 amide bonds. The number of hydrogen-bond donors (Lipinski definition) is 1. The lowest BCUT2D eigenvalue weighted by atomic mass is 10.2. The van der Waals surface area contributed by atoms with Crippen LogP contribution < -0.4 is 9.47 Å². The summed E-state index contributed by atoms with van der Waals surface area (Å²) in [5, 5.41) is 0. The molecule has 84 valence electrons. The van der Waals surface area contributed by atoms with Gasteiger partial charge in [-0.05, 0) is 45.8 Å². The fraction of sp³-hybridized carbons (Fsp3) is 0.455. The monoisotopic (exact) mass is 290 g/mol. The van der Waals surface area contributed by atoms with Crippen LogP contribution in [0.4, 0.5) is 0 Å². The van der Waals surface area contributed by atoms with Crippen molar-refractivity contribution in [3.8, 4) is 11.5 Å². The first-order chi connectivity index (χ1) is 7.17. The quantitative estimate of drug-likeness (QED) is 0.838. The van der Waals surface area contributed by atoms with Crippen molar-refractivity contribution in [2.24, 2.45) is 5.92 Å². The maximum Gasteiger partial charge on any atom is 0.133 e. The maximum atomic E-state index is 5.64. The van der Waals surface area contributed by atoms with Crippen molar-refractivity contribution in [1.29, 1.82) is 0 Å². The van der Waals surface area contributed by atoms with Crippen molar-refractivity contribution < 1.29 is 9.47 Å². The molecule has 0 fully saturated rings. The van der Waals surface area contributed by atoms with Gasteiger partial charge in [0.05, 0.1) is 18.2 Å². The van der Waals surface area contributed by atoms with Crippen LogP contribution in [0.1, 0.15) is 6.92 Å². The first-order valence-corrected chi connectivity index (χ1v) is 6.17. The van der Waals surface area contributed by atoms with Crippen LogP contribution in [-0.4, -0.2) is 19.5 Å². The summed E-state index contributed by atoms with van der Waals surface area (Å²) in [5.41, 5.74) is 0. The van der Waals surface area contributed by atoms with Gasteiger partial charge in [0.25, 0.3) is 0 Å². The van der Waals surface area contributed by atoms with Gasteiger partial charge in [0.15, 0.2) is 0 Å². The van der Waals surface area contributed by atoms with E-state index in [0.717, 1.165) is 21.7 Å². The molecule has 2 nitrogen and oxygen atoms in total. The third-order valence-electron chi connectivity index (χ3n) is 1.97. The van der Waals surface area contributed by atoms with Crippen molar-refractivity contribution in [3.05, 3.63) is 22.7 Å². The second kappa shape index (κ2) is 6.28. The van der Waals surface area contributed by atoms with Crippen molar-refractivity contribution in [2.75, 3.05) is 19.5 Å². The molecular weight excluding hydrogens is 276 g/mol. The van der Waals surface area contributed by atoms with Gasteiger partial charge in [-0.1, -0.05) is 6.92 Å². The van der Waals surface area contributed by atoms with Crippen molar-refractivity contribution in [2.45, 2.75) is 6.92 Å². The zero-order chi connectivity index (χ0) is 11.3. The van der Waals surface area contributed by atoms with Crippen LogP contribution in [0.2, 0.25) is 0 Å². The van der Waals surface area contributed by atoms with E-state index in [4.69, 9.17) is 9.47 Å². The molecule has 4 heteroatoms. The third-order valence-corrected chi connectivity index (χ3v) is 3.22. The summed E-state index contributed by atoms with van der Waals surface area (Å²) >= 11 is 7.64. The van der Waals surface area contributed by atoms with E-state index in [1.165, 1.54) is 0 Å². The second-order valence-electron chi connectivity index (χ2n) is 3.40. The number of rotatable bonds is 5. The predicted molar refractivity (Wildman–Crippen MR) is 69.2 cm³/mol. The van der Waals surface area contributed by atoms with E-state index in [1.54, 1.807) is 7.11 Å². The van der Waals surface area contributed by atoms with E-state index in [2.05, 4.69) is 35.5 Å². The number of halogens is 1. The highest BCUT2D eigenvalue weighted by atomic mass is 79.9. The molecule has 0 bridgehead atoms. The minimum atomic E-state index is 0.447. The van der Waals surface area contributed by atoms with Gasteiger partial charge in [0.1, 0.15) is 11.5 Å². The average Bonchev–Trinajstić information content (AvgIpc) is 2.26. The van der Waals surface area contributed by atoms with Crippen LogP contribution in [0.25, 0.3) is 0 Å². The summed E-state index contributed by atoms with van der Waals surface area (Å²) in [5.74, 6) is 2.93. The molecule has 0 aliphatic rings. The Morgan fingerprint density at radius 3 is 2.73 bits per heavy atom. The van der Waals surface area contributed by atoms with Crippen LogP contribution in [0.5, 0.6) is 11.5 Å². The SMILES string of the molecule is COc1ccc(OCC(C)CS)c(Br)c1. The highest BCUT2D eigenvalue weighted by Crippen LogP contribution is 2.29. The first-order valence-electron chi connectivity index (χ1n) is 4.74. The largest absolute Gasteiger partial charge is 0.497 e. The molecule has 1 aromatic carbocycles. The lowest BCUT2D eigenvalue weighted by Crippen LogP contribution is -2.09. The molecule has 0 aromatic heterocycles. The van der Waals surface area contributed by atoms with Gasteiger partial charge in [0.2, 0.25) is 0 Å². The number of hydrogen-bond acceptors (Lipinski definition) is 3. The van der Waals surface area contributed by atoms with Gasteiger partial charge < -0.3 is 9.47 Å². The average molecular weight is 291 g/mol. The fourth-order valence-corrected chi connectivity index (χ4v) is 1.59. The summed E-state index contributed by atoms with van der Waals surface area (Å²) in [4.78, 5) is 0. The van der Waals surface area contributed by atoms with Gasteiger partial charge in [-0.25, -0.2) is 0 Å². The Morgan fingerprint density at radius 2 is 2.20 bits per heavy atom. The summed E-state index contributed by atoms with van der Waals surface area (Å²) < 4.78 is 11.6. The molecule has 0 heterocycles. The summed E-state index contributed by atoms with van der Waals surface area (Å²) in [6.07, 6.45) is 0. The Hall–Kier alpha value is -0.350. The molecule has 15 heavy (non-hydrogen) atoms. The summed E-state index contributed by atoms with van der Waals surface area (Å²) in [7, 11) is 1.64. The lowest BCUT2D eigenvalue weighted by molar-refractivity contribution is 0.271. The highest BCUT2D eigenvalue weighted by molar-refractivity contribution is 9.10. The zero-order valence-electron chi connectivity index (χ0n) is 8.87. The number of methoxy groups -OCH3 is 1. The van der Waals surface area contributed by atoms with Gasteiger partial charge in [-0.15, -0.1) is 0 Å². The van der Waals surface area contributed by atoms with Crippen molar-refractivity contribution in [3.63, 3.8) is 0 Å². The van der Waals surface area contributed by atoms with Crippen LogP contribution >= 0.6 is 28.6 Å². The van der Waals surface area contributed by atoms with Gasteiger partial charge >= 0.3 is 0 Å². The third kappa shape index (κ3) is 3.95. The van der Waals surface area contributed by atoms with E-state index in [9.17, 15) is 0 Å². The van der Waals surface area contributed by atoms with Crippen LogP contribution in [0.3, 0.4) is 0 Å². The maximum absolute atomic E-state index is 5.64. The van der Waals surface area contributed by atoms with Crippen LogP contribution in [0, 0.1) is 5.92 Å². The molecule has 0 saturated heterocycles. The Morgan fingerprint density at radius 1 is 1.47 bits per heavy atom. The topological polar surface area (TPSA) is 18.5 Å². The van der Waals surface area contributed by atoms with E-state index in [1.807, 2.05) is 18.2 Å².